The molecule has 172 valence electrons. The molecule has 0 spiro atoms. The molecular weight excluding hydrogens is 456 g/mol. The Balaban J connectivity index is 1.64. The Hall–Kier alpha value is -3.83. The lowest BCUT2D eigenvalue weighted by Crippen LogP contribution is -2.24. The number of hydrogen-bond donors (Lipinski definition) is 0. The zero-order valence-corrected chi connectivity index (χ0v) is 16.4. The van der Waals surface area contributed by atoms with E-state index in [2.05, 4.69) is 14.7 Å². The second kappa shape index (κ2) is 8.26. The van der Waals surface area contributed by atoms with Crippen molar-refractivity contribution >= 4 is 11.7 Å². The van der Waals surface area contributed by atoms with Gasteiger partial charge in [-0.3, -0.25) is 14.7 Å². The van der Waals surface area contributed by atoms with Crippen molar-refractivity contribution in [3.63, 3.8) is 0 Å². The summed E-state index contributed by atoms with van der Waals surface area (Å²) in [7, 11) is 0. The van der Waals surface area contributed by atoms with Crippen LogP contribution in [-0.2, 0) is 6.54 Å². The van der Waals surface area contributed by atoms with E-state index in [1.165, 1.54) is 41.4 Å². The molecule has 0 aliphatic carbocycles. The van der Waals surface area contributed by atoms with Gasteiger partial charge < -0.3 is 9.47 Å². The second-order valence-electron chi connectivity index (χ2n) is 6.88. The maximum Gasteiger partial charge on any atom is 0.573 e. The lowest BCUT2D eigenvalue weighted by molar-refractivity contribution is -0.274. The molecule has 1 amide bonds. The molecule has 3 aromatic rings. The van der Waals surface area contributed by atoms with E-state index in [9.17, 15) is 31.1 Å². The first-order valence-corrected chi connectivity index (χ1v) is 9.32. The van der Waals surface area contributed by atoms with Crippen LogP contribution in [0, 0.1) is 0 Å². The molecule has 0 N–H and O–H groups in total. The van der Waals surface area contributed by atoms with Gasteiger partial charge in [0.25, 0.3) is 5.91 Å². The van der Waals surface area contributed by atoms with E-state index in [0.717, 1.165) is 12.3 Å². The van der Waals surface area contributed by atoms with Crippen LogP contribution in [0.3, 0.4) is 0 Å². The van der Waals surface area contributed by atoms with Crippen molar-refractivity contribution in [2.45, 2.75) is 19.1 Å². The van der Waals surface area contributed by atoms with E-state index in [4.69, 9.17) is 4.74 Å². The van der Waals surface area contributed by atoms with Gasteiger partial charge in [0.2, 0.25) is 0 Å². The zero-order chi connectivity index (χ0) is 23.8. The largest absolute Gasteiger partial charge is 0.573 e. The number of carbonyl (C=O) groups excluding carboxylic acids is 1. The number of fused-ring (bicyclic) bond motifs is 1. The van der Waals surface area contributed by atoms with Crippen molar-refractivity contribution < 1.29 is 40.6 Å². The number of rotatable bonds is 5. The lowest BCUT2D eigenvalue weighted by Gasteiger charge is -2.16. The monoisotopic (exact) mass is 469 g/mol. The van der Waals surface area contributed by atoms with Crippen LogP contribution in [0.1, 0.15) is 15.9 Å². The number of alkyl halides is 6. The van der Waals surface area contributed by atoms with Gasteiger partial charge in [0, 0.05) is 22.9 Å². The average Bonchev–Trinajstić information content (AvgIpc) is 3.08. The van der Waals surface area contributed by atoms with Crippen molar-refractivity contribution in [2.24, 2.45) is 0 Å². The highest BCUT2D eigenvalue weighted by Gasteiger charge is 2.34. The SMILES string of the molecule is O=C1c2ccnc(-c3ccccc3OCC(F)(F)F)c2CN1c1ccc(OC(F)(F)F)cn1. The third kappa shape index (κ3) is 4.99. The number of halogens is 6. The quantitative estimate of drug-likeness (QED) is 0.484. The first-order chi connectivity index (χ1) is 15.5. The van der Waals surface area contributed by atoms with Crippen LogP contribution in [0.25, 0.3) is 11.3 Å². The lowest BCUT2D eigenvalue weighted by atomic mass is 10.0. The molecule has 0 saturated carbocycles. The minimum Gasteiger partial charge on any atom is -0.483 e. The number of pyridine rings is 2. The summed E-state index contributed by atoms with van der Waals surface area (Å²) >= 11 is 0. The van der Waals surface area contributed by atoms with Crippen LogP contribution in [0.4, 0.5) is 32.2 Å². The van der Waals surface area contributed by atoms with Crippen molar-refractivity contribution in [3.8, 4) is 22.8 Å². The fourth-order valence-electron chi connectivity index (χ4n) is 3.32. The minimum atomic E-state index is -4.88. The Bertz CT molecular complexity index is 1180. The standard InChI is InChI=1S/C21H13F6N3O3/c22-20(23,24)11-32-16-4-2-1-3-14(16)18-15-10-30(19(31)13(15)7-8-28-18)17-6-5-12(9-29-17)33-21(25,26)27/h1-9H,10-11H2. The van der Waals surface area contributed by atoms with Gasteiger partial charge in [0.05, 0.1) is 18.4 Å². The number of carbonyl (C=O) groups is 1. The van der Waals surface area contributed by atoms with Crippen LogP contribution in [0.15, 0.2) is 54.9 Å². The maximum atomic E-state index is 12.9. The molecule has 4 rings (SSSR count). The van der Waals surface area contributed by atoms with Gasteiger partial charge in [-0.2, -0.15) is 13.2 Å². The fourth-order valence-corrected chi connectivity index (χ4v) is 3.32. The van der Waals surface area contributed by atoms with Crippen LogP contribution < -0.4 is 14.4 Å². The average molecular weight is 469 g/mol. The minimum absolute atomic E-state index is 0.0442. The molecule has 0 atom stereocenters. The smallest absolute Gasteiger partial charge is 0.483 e. The Labute approximate surface area is 182 Å². The highest BCUT2D eigenvalue weighted by Crippen LogP contribution is 2.37. The molecule has 33 heavy (non-hydrogen) atoms. The molecule has 3 heterocycles. The normalized spacial score (nSPS) is 13.8. The summed E-state index contributed by atoms with van der Waals surface area (Å²) in [4.78, 5) is 22.2. The van der Waals surface area contributed by atoms with Gasteiger partial charge >= 0.3 is 12.5 Å². The third-order valence-corrected chi connectivity index (χ3v) is 4.61. The Kier molecular flexibility index (Phi) is 5.60. The Morgan fingerprint density at radius 3 is 2.36 bits per heavy atom. The molecule has 0 bridgehead atoms. The first kappa shape index (κ1) is 22.4. The number of anilines is 1. The van der Waals surface area contributed by atoms with Gasteiger partial charge in [-0.15, -0.1) is 13.2 Å². The summed E-state index contributed by atoms with van der Waals surface area (Å²) in [5.74, 6) is -1.03. The van der Waals surface area contributed by atoms with Crippen LogP contribution in [0.5, 0.6) is 11.5 Å². The number of ether oxygens (including phenoxy) is 2. The van der Waals surface area contributed by atoms with Gasteiger partial charge in [-0.1, -0.05) is 12.1 Å². The number of aromatic nitrogens is 2. The topological polar surface area (TPSA) is 64.5 Å². The maximum absolute atomic E-state index is 12.9. The molecule has 1 aliphatic rings. The van der Waals surface area contributed by atoms with Gasteiger partial charge in [0.1, 0.15) is 17.3 Å². The Morgan fingerprint density at radius 2 is 1.70 bits per heavy atom. The van der Waals surface area contributed by atoms with Crippen molar-refractivity contribution in [3.05, 3.63) is 66.0 Å². The summed E-state index contributed by atoms with van der Waals surface area (Å²) in [6.07, 6.45) is -7.26. The first-order valence-electron chi connectivity index (χ1n) is 9.32. The van der Waals surface area contributed by atoms with E-state index in [-0.39, 0.29) is 34.9 Å². The predicted octanol–water partition coefficient (Wildman–Crippen LogP) is 5.14. The molecule has 6 nitrogen and oxygen atoms in total. The number of benzene rings is 1. The van der Waals surface area contributed by atoms with Crippen LogP contribution in [0.2, 0.25) is 0 Å². The van der Waals surface area contributed by atoms with Gasteiger partial charge in [-0.05, 0) is 30.3 Å². The van der Waals surface area contributed by atoms with Gasteiger partial charge in [0.15, 0.2) is 6.61 Å². The summed E-state index contributed by atoms with van der Waals surface area (Å²) < 4.78 is 83.6. The van der Waals surface area contributed by atoms with E-state index in [1.54, 1.807) is 6.07 Å². The molecule has 0 unspecified atom stereocenters. The van der Waals surface area contributed by atoms with E-state index >= 15 is 0 Å². The highest BCUT2D eigenvalue weighted by molar-refractivity contribution is 6.10. The molecular formula is C21H13F6N3O3. The third-order valence-electron chi connectivity index (χ3n) is 4.61. The van der Waals surface area contributed by atoms with Crippen LogP contribution in [-0.4, -0.2) is 35.0 Å². The summed E-state index contributed by atoms with van der Waals surface area (Å²) in [6.45, 7) is -1.54. The number of para-hydroxylation sites is 1. The van der Waals surface area contributed by atoms with E-state index < -0.39 is 30.8 Å². The second-order valence-corrected chi connectivity index (χ2v) is 6.88. The molecule has 0 radical (unpaired) electrons. The van der Waals surface area contributed by atoms with Crippen molar-refractivity contribution in [2.75, 3.05) is 11.5 Å². The molecule has 1 aromatic carbocycles. The zero-order valence-electron chi connectivity index (χ0n) is 16.4. The van der Waals surface area contributed by atoms with Crippen LogP contribution >= 0.6 is 0 Å². The predicted molar refractivity (Wildman–Crippen MR) is 103 cm³/mol. The van der Waals surface area contributed by atoms with Crippen molar-refractivity contribution in [1.82, 2.24) is 9.97 Å². The fraction of sp³-hybridized carbons (Fsp3) is 0.190. The number of amides is 1. The van der Waals surface area contributed by atoms with E-state index in [1.807, 2.05) is 0 Å². The number of hydrogen-bond acceptors (Lipinski definition) is 5. The highest BCUT2D eigenvalue weighted by atomic mass is 19.4. The molecule has 12 heteroatoms. The molecule has 2 aromatic heterocycles. The summed E-state index contributed by atoms with van der Waals surface area (Å²) in [6, 6.07) is 9.63. The summed E-state index contributed by atoms with van der Waals surface area (Å²) in [5, 5.41) is 0. The van der Waals surface area contributed by atoms with E-state index in [0.29, 0.717) is 5.56 Å². The number of nitrogens with zero attached hydrogens (tertiary/aromatic N) is 3. The molecule has 0 saturated heterocycles. The van der Waals surface area contributed by atoms with Gasteiger partial charge in [-0.25, -0.2) is 4.98 Å². The molecule has 1 aliphatic heterocycles. The molecule has 0 fully saturated rings. The van der Waals surface area contributed by atoms with Crippen molar-refractivity contribution in [1.29, 1.82) is 0 Å². The summed E-state index contributed by atoms with van der Waals surface area (Å²) in [5.41, 5.74) is 1.17. The Morgan fingerprint density at radius 1 is 0.939 bits per heavy atom.